The van der Waals surface area contributed by atoms with Gasteiger partial charge in [-0.2, -0.15) is 10.3 Å². The minimum atomic E-state index is 0.396. The number of aromatic nitrogens is 6. The van der Waals surface area contributed by atoms with Crippen molar-refractivity contribution in [3.63, 3.8) is 0 Å². The van der Waals surface area contributed by atoms with Crippen molar-refractivity contribution in [3.05, 3.63) is 12.4 Å². The quantitative estimate of drug-likeness (QED) is 0.508. The molecule has 0 aliphatic rings. The second-order valence-corrected chi connectivity index (χ2v) is 2.78. The summed E-state index contributed by atoms with van der Waals surface area (Å²) in [5.41, 5.74) is 7.37. The van der Waals surface area contributed by atoms with Crippen molar-refractivity contribution < 1.29 is 0 Å². The van der Waals surface area contributed by atoms with Gasteiger partial charge in [0.15, 0.2) is 5.65 Å². The average molecular weight is 187 g/mol. The molecule has 3 aromatic heterocycles. The fourth-order valence-corrected chi connectivity index (χ4v) is 1.28. The van der Waals surface area contributed by atoms with Crippen molar-refractivity contribution in [1.82, 2.24) is 30.4 Å². The van der Waals surface area contributed by atoms with Crippen molar-refractivity contribution in [2.75, 3.05) is 5.73 Å². The number of H-pyrrole nitrogens is 1. The Hall–Kier alpha value is -2.31. The van der Waals surface area contributed by atoms with E-state index < -0.39 is 0 Å². The van der Waals surface area contributed by atoms with Crippen LogP contribution in [0, 0.1) is 0 Å². The van der Waals surface area contributed by atoms with E-state index in [4.69, 9.17) is 5.73 Å². The molecule has 0 bridgehead atoms. The molecule has 0 radical (unpaired) electrons. The summed E-state index contributed by atoms with van der Waals surface area (Å²) >= 11 is 0. The fraction of sp³-hybridized carbons (Fsp3) is 0. The van der Waals surface area contributed by atoms with Gasteiger partial charge in [-0.05, 0) is 6.07 Å². The molecule has 0 spiro atoms. The van der Waals surface area contributed by atoms with E-state index in [-0.39, 0.29) is 0 Å². The fourth-order valence-electron chi connectivity index (χ4n) is 1.28. The van der Waals surface area contributed by atoms with Gasteiger partial charge in [0.2, 0.25) is 5.65 Å². The molecule has 0 aliphatic heterocycles. The SMILES string of the molecule is Nc1ncnc2nc3n[nH]nc3cc12. The highest BCUT2D eigenvalue weighted by molar-refractivity contribution is 5.92. The summed E-state index contributed by atoms with van der Waals surface area (Å²) < 4.78 is 0. The Balaban J connectivity index is 2.57. The predicted octanol–water partition coefficient (Wildman–Crippen LogP) is -0.122. The molecule has 0 amide bonds. The van der Waals surface area contributed by atoms with Crippen molar-refractivity contribution in [3.8, 4) is 0 Å². The van der Waals surface area contributed by atoms with Crippen molar-refractivity contribution in [2.45, 2.75) is 0 Å². The molecule has 14 heavy (non-hydrogen) atoms. The monoisotopic (exact) mass is 187 g/mol. The van der Waals surface area contributed by atoms with Crippen molar-refractivity contribution in [1.29, 1.82) is 0 Å². The lowest BCUT2D eigenvalue weighted by Crippen LogP contribution is -1.94. The van der Waals surface area contributed by atoms with E-state index in [1.807, 2.05) is 0 Å². The molecule has 0 aromatic carbocycles. The summed E-state index contributed by atoms with van der Waals surface area (Å²) in [5, 5.41) is 10.9. The van der Waals surface area contributed by atoms with E-state index >= 15 is 0 Å². The van der Waals surface area contributed by atoms with Gasteiger partial charge in [-0.3, -0.25) is 0 Å². The number of aromatic amines is 1. The van der Waals surface area contributed by atoms with Gasteiger partial charge in [0, 0.05) is 0 Å². The minimum absolute atomic E-state index is 0.396. The number of rotatable bonds is 0. The Morgan fingerprint density at radius 3 is 3.00 bits per heavy atom. The lowest BCUT2D eigenvalue weighted by Gasteiger charge is -1.97. The van der Waals surface area contributed by atoms with Crippen LogP contribution in [0.2, 0.25) is 0 Å². The van der Waals surface area contributed by atoms with E-state index in [0.29, 0.717) is 28.0 Å². The molecule has 68 valence electrons. The third kappa shape index (κ3) is 0.830. The maximum Gasteiger partial charge on any atom is 0.203 e. The molecule has 7 nitrogen and oxygen atoms in total. The summed E-state index contributed by atoms with van der Waals surface area (Å²) in [6, 6.07) is 1.76. The van der Waals surface area contributed by atoms with Gasteiger partial charge in [0.25, 0.3) is 0 Å². The van der Waals surface area contributed by atoms with Gasteiger partial charge >= 0.3 is 0 Å². The first-order chi connectivity index (χ1) is 6.84. The molecular formula is C7H5N7. The van der Waals surface area contributed by atoms with Crippen molar-refractivity contribution in [2.24, 2.45) is 0 Å². The third-order valence-corrected chi connectivity index (χ3v) is 1.94. The summed E-state index contributed by atoms with van der Waals surface area (Å²) in [4.78, 5) is 12.0. The summed E-state index contributed by atoms with van der Waals surface area (Å²) in [6.07, 6.45) is 1.37. The zero-order valence-electron chi connectivity index (χ0n) is 6.97. The lowest BCUT2D eigenvalue weighted by molar-refractivity contribution is 0.955. The maximum atomic E-state index is 5.67. The third-order valence-electron chi connectivity index (χ3n) is 1.94. The number of nitrogens with zero attached hydrogens (tertiary/aromatic N) is 5. The molecule has 3 heterocycles. The van der Waals surface area contributed by atoms with Crippen LogP contribution in [0.4, 0.5) is 5.82 Å². The maximum absolute atomic E-state index is 5.67. The Morgan fingerprint density at radius 2 is 2.07 bits per heavy atom. The molecule has 0 aliphatic carbocycles. The van der Waals surface area contributed by atoms with Crippen LogP contribution in [0.25, 0.3) is 22.2 Å². The van der Waals surface area contributed by atoms with Crippen molar-refractivity contribution >= 4 is 28.0 Å². The van der Waals surface area contributed by atoms with E-state index in [9.17, 15) is 0 Å². The molecule has 0 unspecified atom stereocenters. The topological polar surface area (TPSA) is 106 Å². The Morgan fingerprint density at radius 1 is 1.14 bits per heavy atom. The zero-order valence-corrected chi connectivity index (χ0v) is 6.97. The Kier molecular flexibility index (Phi) is 1.19. The van der Waals surface area contributed by atoms with Gasteiger partial charge in [-0.15, -0.1) is 5.10 Å². The Bertz CT molecular complexity index is 614. The van der Waals surface area contributed by atoms with Crippen LogP contribution in [0.1, 0.15) is 0 Å². The smallest absolute Gasteiger partial charge is 0.203 e. The molecule has 7 heteroatoms. The number of nitrogen functional groups attached to an aromatic ring is 1. The first-order valence-corrected chi connectivity index (χ1v) is 3.92. The average Bonchev–Trinajstić information content (AvgIpc) is 2.62. The van der Waals surface area contributed by atoms with Crippen LogP contribution >= 0.6 is 0 Å². The highest BCUT2D eigenvalue weighted by atomic mass is 15.3. The number of nitrogens with two attached hydrogens (primary N) is 1. The number of hydrogen-bond acceptors (Lipinski definition) is 6. The van der Waals surface area contributed by atoms with E-state index in [1.165, 1.54) is 6.33 Å². The zero-order chi connectivity index (χ0) is 9.54. The summed E-state index contributed by atoms with van der Waals surface area (Å²) in [7, 11) is 0. The molecule has 3 N–H and O–H groups in total. The number of pyridine rings is 1. The van der Waals surface area contributed by atoms with Gasteiger partial charge in [0.05, 0.1) is 5.39 Å². The molecule has 0 saturated heterocycles. The van der Waals surface area contributed by atoms with E-state index in [1.54, 1.807) is 6.07 Å². The molecule has 0 saturated carbocycles. The highest BCUT2D eigenvalue weighted by Gasteiger charge is 2.06. The predicted molar refractivity (Wildman–Crippen MR) is 49.2 cm³/mol. The molecule has 0 atom stereocenters. The van der Waals surface area contributed by atoms with Crippen LogP contribution in [0.5, 0.6) is 0 Å². The number of fused-ring (bicyclic) bond motifs is 2. The van der Waals surface area contributed by atoms with Crippen LogP contribution in [0.15, 0.2) is 12.4 Å². The van der Waals surface area contributed by atoms with Gasteiger partial charge < -0.3 is 5.73 Å². The van der Waals surface area contributed by atoms with Gasteiger partial charge in [-0.25, -0.2) is 15.0 Å². The van der Waals surface area contributed by atoms with Gasteiger partial charge in [0.1, 0.15) is 17.7 Å². The standard InChI is InChI=1S/C7H5N7/c8-5-3-1-4-7(13-14-12-4)11-6(3)10-2-9-5/h1-2H,(H3,8,9,10,11,12,13,14). The number of hydrogen-bond donors (Lipinski definition) is 2. The Labute approximate surface area is 77.4 Å². The van der Waals surface area contributed by atoms with Crippen LogP contribution in [0.3, 0.4) is 0 Å². The first kappa shape index (κ1) is 7.13. The second kappa shape index (κ2) is 2.34. The lowest BCUT2D eigenvalue weighted by atomic mass is 10.3. The molecule has 3 rings (SSSR count). The largest absolute Gasteiger partial charge is 0.383 e. The van der Waals surface area contributed by atoms with Gasteiger partial charge in [-0.1, -0.05) is 0 Å². The normalized spacial score (nSPS) is 11.1. The van der Waals surface area contributed by atoms with E-state index in [2.05, 4.69) is 30.4 Å². The summed E-state index contributed by atoms with van der Waals surface area (Å²) in [5.74, 6) is 0.396. The first-order valence-electron chi connectivity index (χ1n) is 3.92. The molecular weight excluding hydrogens is 182 g/mol. The minimum Gasteiger partial charge on any atom is -0.383 e. The summed E-state index contributed by atoms with van der Waals surface area (Å²) in [6.45, 7) is 0. The molecule has 3 aromatic rings. The molecule has 0 fully saturated rings. The van der Waals surface area contributed by atoms with Crippen LogP contribution in [-0.4, -0.2) is 30.4 Å². The number of anilines is 1. The highest BCUT2D eigenvalue weighted by Crippen LogP contribution is 2.17. The van der Waals surface area contributed by atoms with Crippen LogP contribution in [-0.2, 0) is 0 Å². The van der Waals surface area contributed by atoms with E-state index in [0.717, 1.165) is 0 Å². The number of nitrogens with one attached hydrogen (secondary N) is 1. The second-order valence-electron chi connectivity index (χ2n) is 2.78. The van der Waals surface area contributed by atoms with Crippen LogP contribution < -0.4 is 5.73 Å².